The van der Waals surface area contributed by atoms with Crippen molar-refractivity contribution < 1.29 is 41.9 Å². The summed E-state index contributed by atoms with van der Waals surface area (Å²) in [6.45, 7) is -0.904. The Balaban J connectivity index is 1.63. The van der Waals surface area contributed by atoms with E-state index >= 15 is 0 Å². The van der Waals surface area contributed by atoms with Crippen LogP contribution in [-0.4, -0.2) is 94.6 Å². The van der Waals surface area contributed by atoms with Crippen molar-refractivity contribution in [3.05, 3.63) is 65.2 Å². The third kappa shape index (κ3) is 10.3. The molecular weight excluding hydrogens is 638 g/mol. The van der Waals surface area contributed by atoms with Gasteiger partial charge in [0.25, 0.3) is 5.91 Å². The van der Waals surface area contributed by atoms with Gasteiger partial charge in [-0.1, -0.05) is 24.3 Å². The first kappa shape index (κ1) is 35.9. The predicted octanol–water partition coefficient (Wildman–Crippen LogP) is -0.757. The SMILES string of the molecule is CS(=O)(=O)c1ccc(C2=C(c3ccc(C(=O)NC(CCCN)C(=O)CNC(=O)CNC(=O)CNC(=O)CS)cc3)C(=O)OC2)cc1. The predicted molar refractivity (Wildman–Crippen MR) is 171 cm³/mol. The van der Waals surface area contributed by atoms with Gasteiger partial charge in [-0.3, -0.25) is 24.0 Å². The molecule has 14 nitrogen and oxygen atoms in total. The Bertz CT molecular complexity index is 1620. The zero-order valence-corrected chi connectivity index (χ0v) is 26.7. The van der Waals surface area contributed by atoms with Crippen molar-refractivity contribution in [1.29, 1.82) is 0 Å². The van der Waals surface area contributed by atoms with E-state index in [4.69, 9.17) is 10.5 Å². The molecule has 0 aliphatic carbocycles. The number of sulfone groups is 1. The van der Waals surface area contributed by atoms with E-state index in [9.17, 15) is 37.2 Å². The van der Waals surface area contributed by atoms with Crippen LogP contribution in [0.25, 0.3) is 11.1 Å². The van der Waals surface area contributed by atoms with Gasteiger partial charge in [0, 0.05) is 17.4 Å². The fourth-order valence-electron chi connectivity index (χ4n) is 4.34. The number of benzene rings is 2. The number of rotatable bonds is 16. The van der Waals surface area contributed by atoms with Crippen LogP contribution in [0.5, 0.6) is 0 Å². The molecular formula is C30H35N5O9S2. The van der Waals surface area contributed by atoms with Crippen LogP contribution in [0.15, 0.2) is 53.4 Å². The first-order chi connectivity index (χ1) is 21.8. The van der Waals surface area contributed by atoms with E-state index in [1.54, 1.807) is 24.3 Å². The van der Waals surface area contributed by atoms with E-state index in [-0.39, 0.29) is 47.9 Å². The van der Waals surface area contributed by atoms with E-state index in [0.29, 0.717) is 23.1 Å². The van der Waals surface area contributed by atoms with Crippen molar-refractivity contribution in [2.75, 3.05) is 44.8 Å². The quantitative estimate of drug-likeness (QED) is 0.0966. The van der Waals surface area contributed by atoms with Crippen molar-refractivity contribution >= 4 is 69.0 Å². The van der Waals surface area contributed by atoms with E-state index in [1.807, 2.05) is 0 Å². The summed E-state index contributed by atoms with van der Waals surface area (Å²) in [7, 11) is -3.39. The molecule has 246 valence electrons. The zero-order chi connectivity index (χ0) is 33.9. The molecule has 0 aromatic heterocycles. The lowest BCUT2D eigenvalue weighted by atomic mass is 9.96. The monoisotopic (exact) mass is 673 g/mol. The highest BCUT2D eigenvalue weighted by Gasteiger charge is 2.28. The number of ketones is 1. The molecule has 0 radical (unpaired) electrons. The molecule has 1 atom stereocenters. The summed E-state index contributed by atoms with van der Waals surface area (Å²) in [6, 6.07) is 11.2. The van der Waals surface area contributed by atoms with Gasteiger partial charge in [0.15, 0.2) is 15.6 Å². The Morgan fingerprint density at radius 1 is 0.870 bits per heavy atom. The number of esters is 1. The number of nitrogens with two attached hydrogens (primary N) is 1. The number of hydrogen-bond donors (Lipinski definition) is 6. The van der Waals surface area contributed by atoms with Crippen molar-refractivity contribution in [2.45, 2.75) is 23.8 Å². The maximum absolute atomic E-state index is 13.0. The lowest BCUT2D eigenvalue weighted by Crippen LogP contribution is -2.47. The number of nitrogens with one attached hydrogen (secondary N) is 4. The average molecular weight is 674 g/mol. The molecule has 0 saturated heterocycles. The topological polar surface area (TPSA) is 220 Å². The van der Waals surface area contributed by atoms with Crippen molar-refractivity contribution in [3.8, 4) is 0 Å². The maximum atomic E-state index is 13.0. The van der Waals surface area contributed by atoms with Crippen LogP contribution in [-0.2, 0) is 38.5 Å². The van der Waals surface area contributed by atoms with Crippen molar-refractivity contribution in [1.82, 2.24) is 21.3 Å². The summed E-state index contributed by atoms with van der Waals surface area (Å²) in [4.78, 5) is 73.7. The third-order valence-corrected chi connectivity index (χ3v) is 8.22. The molecule has 1 aliphatic heterocycles. The molecule has 3 rings (SSSR count). The van der Waals surface area contributed by atoms with Gasteiger partial charge in [-0.25, -0.2) is 13.2 Å². The lowest BCUT2D eigenvalue weighted by molar-refractivity contribution is -0.134. The zero-order valence-electron chi connectivity index (χ0n) is 25.0. The van der Waals surface area contributed by atoms with Gasteiger partial charge in [0.1, 0.15) is 6.61 Å². The van der Waals surface area contributed by atoms with Crippen LogP contribution in [0, 0.1) is 0 Å². The first-order valence-corrected chi connectivity index (χ1v) is 16.6. The largest absolute Gasteiger partial charge is 0.457 e. The number of amides is 4. The third-order valence-electron chi connectivity index (χ3n) is 6.81. The smallest absolute Gasteiger partial charge is 0.339 e. The molecule has 2 aromatic rings. The van der Waals surface area contributed by atoms with Gasteiger partial charge in [0.05, 0.1) is 41.9 Å². The number of cyclic esters (lactones) is 1. The molecule has 4 amide bonds. The van der Waals surface area contributed by atoms with Crippen LogP contribution >= 0.6 is 12.6 Å². The highest BCUT2D eigenvalue weighted by Crippen LogP contribution is 2.33. The van der Waals surface area contributed by atoms with E-state index in [0.717, 1.165) is 6.26 Å². The van der Waals surface area contributed by atoms with Gasteiger partial charge >= 0.3 is 5.97 Å². The summed E-state index contributed by atoms with van der Waals surface area (Å²) in [5, 5.41) is 9.66. The highest BCUT2D eigenvalue weighted by atomic mass is 32.2. The minimum atomic E-state index is -3.39. The summed E-state index contributed by atoms with van der Waals surface area (Å²) < 4.78 is 28.9. The number of Topliss-reactive ketones (excluding diaryl/α,β-unsaturated/α-hetero) is 1. The number of ether oxygens (including phenoxy) is 1. The number of hydrogen-bond acceptors (Lipinski definition) is 11. The molecule has 1 unspecified atom stereocenters. The molecule has 0 fully saturated rings. The van der Waals surface area contributed by atoms with Crippen LogP contribution in [0.1, 0.15) is 34.3 Å². The minimum Gasteiger partial charge on any atom is -0.457 e. The average Bonchev–Trinajstić information content (AvgIpc) is 3.43. The van der Waals surface area contributed by atoms with Gasteiger partial charge in [0.2, 0.25) is 17.7 Å². The fourth-order valence-corrected chi connectivity index (χ4v) is 5.08. The molecule has 0 spiro atoms. The molecule has 1 heterocycles. The van der Waals surface area contributed by atoms with Gasteiger partial charge < -0.3 is 31.7 Å². The Kier molecular flexibility index (Phi) is 13.0. The number of carbonyl (C=O) groups excluding carboxylic acids is 6. The standard InChI is InChI=1S/C30H35N5O9S2/c1-46(42,43)21-10-8-18(9-11-21)22-16-44-30(41)28(22)19-4-6-20(7-5-19)29(40)35-23(3-2-12-31)24(36)13-32-25(37)14-33-26(38)15-34-27(39)17-45/h4-11,23,45H,2-3,12-17,31H2,1H3,(H,32,37)(H,33,38)(H,34,39)(H,35,40). The van der Waals surface area contributed by atoms with Gasteiger partial charge in [-0.2, -0.15) is 12.6 Å². The molecule has 16 heteroatoms. The number of carbonyl (C=O) groups is 6. The Hall–Kier alpha value is -4.54. The molecule has 0 saturated carbocycles. The van der Waals surface area contributed by atoms with Crippen LogP contribution in [0.3, 0.4) is 0 Å². The maximum Gasteiger partial charge on any atom is 0.339 e. The Morgan fingerprint density at radius 2 is 1.43 bits per heavy atom. The van der Waals surface area contributed by atoms with Crippen molar-refractivity contribution in [2.24, 2.45) is 5.73 Å². The van der Waals surface area contributed by atoms with Gasteiger partial charge in [-0.15, -0.1) is 0 Å². The second kappa shape index (κ2) is 16.7. The normalized spacial score (nSPS) is 13.4. The molecule has 0 bridgehead atoms. The van der Waals surface area contributed by atoms with Crippen molar-refractivity contribution in [3.63, 3.8) is 0 Å². The summed E-state index contributed by atoms with van der Waals surface area (Å²) in [5.74, 6) is -3.40. The van der Waals surface area contributed by atoms with Crippen LogP contribution < -0.4 is 27.0 Å². The minimum absolute atomic E-state index is 0.00288. The second-order valence-electron chi connectivity index (χ2n) is 10.2. The summed E-state index contributed by atoms with van der Waals surface area (Å²) in [6.07, 6.45) is 1.74. The summed E-state index contributed by atoms with van der Waals surface area (Å²) in [5.41, 5.74) is 7.75. The lowest BCUT2D eigenvalue weighted by Gasteiger charge is -2.18. The molecule has 1 aliphatic rings. The highest BCUT2D eigenvalue weighted by molar-refractivity contribution is 7.90. The Morgan fingerprint density at radius 3 is 2.00 bits per heavy atom. The van der Waals surface area contributed by atoms with Gasteiger partial charge in [-0.05, 0) is 54.8 Å². The van der Waals surface area contributed by atoms with Crippen LogP contribution in [0.2, 0.25) is 0 Å². The van der Waals surface area contributed by atoms with E-state index < -0.39 is 64.3 Å². The number of thiol groups is 1. The fraction of sp³-hybridized carbons (Fsp3) is 0.333. The Labute approximate surface area is 271 Å². The molecule has 46 heavy (non-hydrogen) atoms. The molecule has 6 N–H and O–H groups in total. The first-order valence-electron chi connectivity index (χ1n) is 14.1. The second-order valence-corrected chi connectivity index (χ2v) is 12.5. The van der Waals surface area contributed by atoms with E-state index in [1.165, 1.54) is 24.3 Å². The van der Waals surface area contributed by atoms with E-state index in [2.05, 4.69) is 33.9 Å². The van der Waals surface area contributed by atoms with Crippen LogP contribution in [0.4, 0.5) is 0 Å². The molecule has 2 aromatic carbocycles. The summed E-state index contributed by atoms with van der Waals surface area (Å²) >= 11 is 3.77.